The number of carbonyl (C=O) groups is 2. The first-order valence-corrected chi connectivity index (χ1v) is 12.4. The van der Waals surface area contributed by atoms with E-state index in [2.05, 4.69) is 0 Å². The van der Waals surface area contributed by atoms with E-state index in [0.29, 0.717) is 35.8 Å². The van der Waals surface area contributed by atoms with E-state index < -0.39 is 17.7 Å². The summed E-state index contributed by atoms with van der Waals surface area (Å²) < 4.78 is 11.2. The Morgan fingerprint density at radius 1 is 0.868 bits per heavy atom. The van der Waals surface area contributed by atoms with Gasteiger partial charge < -0.3 is 19.7 Å². The van der Waals surface area contributed by atoms with Gasteiger partial charge in [-0.05, 0) is 54.4 Å². The third-order valence-corrected chi connectivity index (χ3v) is 6.50. The third-order valence-electron chi connectivity index (χ3n) is 6.50. The maximum absolute atomic E-state index is 13.6. The molecule has 1 heterocycles. The molecule has 7 heteroatoms. The minimum atomic E-state index is -0.981. The van der Waals surface area contributed by atoms with Crippen LogP contribution >= 0.6 is 0 Å². The summed E-state index contributed by atoms with van der Waals surface area (Å²) in [5.41, 5.74) is 1.32. The van der Waals surface area contributed by atoms with E-state index in [0.717, 1.165) is 10.8 Å². The zero-order chi connectivity index (χ0) is 26.8. The number of nitrogens with zero attached hydrogens (tertiary/aromatic N) is 1. The number of carbonyl (C=O) groups excluding carboxylic acids is 2. The minimum Gasteiger partial charge on any atom is -0.507 e. The number of ketones is 1. The number of benzene rings is 4. The number of aliphatic hydroxyl groups excluding tert-OH is 1. The molecule has 0 saturated carbocycles. The number of hydrogen-bond donors (Lipinski definition) is 2. The van der Waals surface area contributed by atoms with Crippen LogP contribution in [0, 0.1) is 0 Å². The summed E-state index contributed by atoms with van der Waals surface area (Å²) in [4.78, 5) is 28.5. The van der Waals surface area contributed by atoms with Crippen molar-refractivity contribution in [2.75, 3.05) is 18.1 Å². The van der Waals surface area contributed by atoms with Gasteiger partial charge >= 0.3 is 0 Å². The lowest BCUT2D eigenvalue weighted by Crippen LogP contribution is -2.29. The normalized spacial score (nSPS) is 16.7. The molecule has 38 heavy (non-hydrogen) atoms. The van der Waals surface area contributed by atoms with E-state index in [-0.39, 0.29) is 22.8 Å². The van der Waals surface area contributed by atoms with Gasteiger partial charge in [0.15, 0.2) is 11.5 Å². The van der Waals surface area contributed by atoms with Crippen molar-refractivity contribution in [2.24, 2.45) is 0 Å². The molecule has 1 saturated heterocycles. The van der Waals surface area contributed by atoms with Crippen LogP contribution in [0.3, 0.4) is 0 Å². The fourth-order valence-corrected chi connectivity index (χ4v) is 4.85. The number of rotatable bonds is 7. The number of phenolic OH excluding ortho intramolecular Hbond substituents is 1. The quantitative estimate of drug-likeness (QED) is 0.181. The molecule has 1 amide bonds. The zero-order valence-corrected chi connectivity index (χ0v) is 21.0. The van der Waals surface area contributed by atoms with Crippen LogP contribution < -0.4 is 14.4 Å². The van der Waals surface area contributed by atoms with E-state index in [4.69, 9.17) is 9.47 Å². The molecule has 7 nitrogen and oxygen atoms in total. The molecule has 1 fully saturated rings. The number of aromatic hydroxyl groups is 1. The monoisotopic (exact) mass is 509 g/mol. The van der Waals surface area contributed by atoms with Gasteiger partial charge in [0.05, 0.1) is 24.8 Å². The van der Waals surface area contributed by atoms with Crippen LogP contribution in [0.4, 0.5) is 5.69 Å². The highest BCUT2D eigenvalue weighted by Crippen LogP contribution is 2.45. The van der Waals surface area contributed by atoms with Gasteiger partial charge in [0.2, 0.25) is 0 Å². The van der Waals surface area contributed by atoms with Gasteiger partial charge in [-0.15, -0.1) is 0 Å². The van der Waals surface area contributed by atoms with E-state index >= 15 is 0 Å². The van der Waals surface area contributed by atoms with Crippen molar-refractivity contribution >= 4 is 33.9 Å². The number of Topliss-reactive ketones (excluding diaryl/α,β-unsaturated/α-hetero) is 1. The van der Waals surface area contributed by atoms with Crippen LogP contribution in [0.15, 0.2) is 90.5 Å². The maximum atomic E-state index is 13.6. The molecular weight excluding hydrogens is 482 g/mol. The van der Waals surface area contributed by atoms with Crippen molar-refractivity contribution in [3.8, 4) is 17.2 Å². The average molecular weight is 510 g/mol. The molecule has 1 unspecified atom stereocenters. The van der Waals surface area contributed by atoms with Crippen molar-refractivity contribution < 1.29 is 29.3 Å². The number of ether oxygens (including phenoxy) is 2. The second kappa shape index (κ2) is 10.3. The Hall–Kier alpha value is -4.78. The highest BCUT2D eigenvalue weighted by Gasteiger charge is 2.47. The summed E-state index contributed by atoms with van der Waals surface area (Å²) in [6.45, 7) is 4.39. The maximum Gasteiger partial charge on any atom is 0.300 e. The second-order valence-electron chi connectivity index (χ2n) is 8.79. The predicted molar refractivity (Wildman–Crippen MR) is 146 cm³/mol. The summed E-state index contributed by atoms with van der Waals surface area (Å²) in [5.74, 6) is -1.19. The molecule has 0 aromatic heterocycles. The Morgan fingerprint density at radius 3 is 2.39 bits per heavy atom. The van der Waals surface area contributed by atoms with E-state index in [1.807, 2.05) is 37.3 Å². The molecule has 1 aliphatic rings. The van der Waals surface area contributed by atoms with Crippen LogP contribution in [-0.2, 0) is 9.59 Å². The number of phenols is 1. The van der Waals surface area contributed by atoms with Crippen molar-refractivity contribution in [1.82, 2.24) is 0 Å². The van der Waals surface area contributed by atoms with Crippen molar-refractivity contribution in [3.05, 3.63) is 102 Å². The van der Waals surface area contributed by atoms with Crippen molar-refractivity contribution in [3.63, 3.8) is 0 Å². The Morgan fingerprint density at radius 2 is 1.61 bits per heavy atom. The van der Waals surface area contributed by atoms with Crippen molar-refractivity contribution in [1.29, 1.82) is 0 Å². The summed E-state index contributed by atoms with van der Waals surface area (Å²) in [7, 11) is 0. The molecule has 4 aromatic rings. The number of fused-ring (bicyclic) bond motifs is 1. The summed E-state index contributed by atoms with van der Waals surface area (Å²) in [5, 5.41) is 23.6. The molecule has 0 bridgehead atoms. The first kappa shape index (κ1) is 24.9. The molecule has 1 atom stereocenters. The highest BCUT2D eigenvalue weighted by atomic mass is 16.5. The SMILES string of the molecule is CCOc1cccc(N2C(=O)C(=O)/C(=C(/O)c3cccc4ccccc34)C2c2ccc(O)c(OCC)c2)c1. The zero-order valence-electron chi connectivity index (χ0n) is 21.0. The highest BCUT2D eigenvalue weighted by molar-refractivity contribution is 6.51. The second-order valence-corrected chi connectivity index (χ2v) is 8.79. The molecule has 0 spiro atoms. The van der Waals surface area contributed by atoms with Crippen LogP contribution in [-0.4, -0.2) is 35.1 Å². The summed E-state index contributed by atoms with van der Waals surface area (Å²) in [6, 6.07) is 23.5. The van der Waals surface area contributed by atoms with Gasteiger partial charge in [0, 0.05) is 17.3 Å². The van der Waals surface area contributed by atoms with Gasteiger partial charge in [0.25, 0.3) is 11.7 Å². The lowest BCUT2D eigenvalue weighted by atomic mass is 9.93. The predicted octanol–water partition coefficient (Wildman–Crippen LogP) is 5.97. The lowest BCUT2D eigenvalue weighted by Gasteiger charge is -2.26. The van der Waals surface area contributed by atoms with Crippen LogP contribution in [0.2, 0.25) is 0 Å². The van der Waals surface area contributed by atoms with Crippen LogP contribution in [0.25, 0.3) is 16.5 Å². The smallest absolute Gasteiger partial charge is 0.300 e. The van der Waals surface area contributed by atoms with Gasteiger partial charge in [-0.25, -0.2) is 0 Å². The molecule has 192 valence electrons. The largest absolute Gasteiger partial charge is 0.507 e. The first-order chi connectivity index (χ1) is 18.4. The van der Waals surface area contributed by atoms with Gasteiger partial charge in [0.1, 0.15) is 11.5 Å². The summed E-state index contributed by atoms with van der Waals surface area (Å²) in [6.07, 6.45) is 0. The molecule has 4 aromatic carbocycles. The molecule has 5 rings (SSSR count). The fourth-order valence-electron chi connectivity index (χ4n) is 4.85. The van der Waals surface area contributed by atoms with E-state index in [9.17, 15) is 19.8 Å². The number of hydrogen-bond acceptors (Lipinski definition) is 6. The molecule has 1 aliphatic heterocycles. The van der Waals surface area contributed by atoms with Crippen LogP contribution in [0.5, 0.6) is 17.2 Å². The lowest BCUT2D eigenvalue weighted by molar-refractivity contribution is -0.132. The van der Waals surface area contributed by atoms with E-state index in [1.54, 1.807) is 55.5 Å². The van der Waals surface area contributed by atoms with E-state index in [1.165, 1.54) is 11.0 Å². The minimum absolute atomic E-state index is 0.0543. The van der Waals surface area contributed by atoms with Gasteiger partial charge in [-0.1, -0.05) is 54.6 Å². The molecular formula is C31H27NO6. The molecule has 0 radical (unpaired) electrons. The average Bonchev–Trinajstić information content (AvgIpc) is 3.20. The van der Waals surface area contributed by atoms with Crippen molar-refractivity contribution in [2.45, 2.75) is 19.9 Å². The first-order valence-electron chi connectivity index (χ1n) is 12.4. The topological polar surface area (TPSA) is 96.3 Å². The standard InChI is InChI=1S/C31H27NO6/c1-3-37-22-12-8-11-21(18-22)32-28(20-15-16-25(33)26(17-20)38-4-2)27(30(35)31(32)36)29(34)24-14-7-10-19-9-5-6-13-23(19)24/h5-18,28,33-34H,3-4H2,1-2H3/b29-27+. The third kappa shape index (κ3) is 4.32. The Balaban J connectivity index is 1.76. The van der Waals surface area contributed by atoms with Gasteiger partial charge in [-0.3, -0.25) is 14.5 Å². The number of anilines is 1. The molecule has 2 N–H and O–H groups in total. The van der Waals surface area contributed by atoms with Crippen LogP contribution in [0.1, 0.15) is 31.0 Å². The van der Waals surface area contributed by atoms with Gasteiger partial charge in [-0.2, -0.15) is 0 Å². The number of amides is 1. The molecule has 0 aliphatic carbocycles. The fraction of sp³-hybridized carbons (Fsp3) is 0.161. The number of aliphatic hydroxyl groups is 1. The Labute approximate surface area is 220 Å². The Bertz CT molecular complexity index is 1570. The summed E-state index contributed by atoms with van der Waals surface area (Å²) >= 11 is 0. The Kier molecular flexibility index (Phi) is 6.75.